The van der Waals surface area contributed by atoms with Gasteiger partial charge in [0.25, 0.3) is 0 Å². The van der Waals surface area contributed by atoms with E-state index in [-0.39, 0.29) is 29.9 Å². The van der Waals surface area contributed by atoms with Crippen LogP contribution in [0.5, 0.6) is 0 Å². The van der Waals surface area contributed by atoms with Crippen LogP contribution in [0.4, 0.5) is 21.8 Å². The van der Waals surface area contributed by atoms with E-state index in [1.165, 1.54) is 23.2 Å². The van der Waals surface area contributed by atoms with Crippen LogP contribution < -0.4 is 16.4 Å². The number of carbonyl (C=O) groups excluding carboxylic acids is 2. The number of nitrogens with zero attached hydrogens (tertiary/aromatic N) is 2. The molecule has 8 heteroatoms. The van der Waals surface area contributed by atoms with Crippen LogP contribution in [0.3, 0.4) is 0 Å². The third-order valence-electron chi connectivity index (χ3n) is 3.59. The number of aromatic nitrogens is 1. The van der Waals surface area contributed by atoms with Crippen molar-refractivity contribution in [3.8, 4) is 0 Å². The second-order valence-corrected chi connectivity index (χ2v) is 5.71. The van der Waals surface area contributed by atoms with E-state index < -0.39 is 5.82 Å². The molecule has 0 aliphatic carbocycles. The maximum absolute atomic E-state index is 13.3. The van der Waals surface area contributed by atoms with Crippen molar-refractivity contribution in [2.24, 2.45) is 5.73 Å². The van der Waals surface area contributed by atoms with Crippen LogP contribution in [0.25, 0.3) is 0 Å². The van der Waals surface area contributed by atoms with Crippen molar-refractivity contribution < 1.29 is 18.4 Å². The first-order valence-corrected chi connectivity index (χ1v) is 7.97. The van der Waals surface area contributed by atoms with Crippen molar-refractivity contribution in [3.05, 3.63) is 36.0 Å². The Hall–Kier alpha value is -2.90. The fourth-order valence-electron chi connectivity index (χ4n) is 2.38. The van der Waals surface area contributed by atoms with Crippen molar-refractivity contribution in [2.75, 3.05) is 10.6 Å². The number of hydrogen-bond acceptors (Lipinski definition) is 5. The van der Waals surface area contributed by atoms with E-state index in [0.717, 1.165) is 6.07 Å². The lowest BCUT2D eigenvalue weighted by Gasteiger charge is -2.20. The van der Waals surface area contributed by atoms with Gasteiger partial charge in [-0.15, -0.1) is 0 Å². The Morgan fingerprint density at radius 3 is 2.56 bits per heavy atom. The van der Waals surface area contributed by atoms with Gasteiger partial charge >= 0.3 is 6.01 Å². The highest BCUT2D eigenvalue weighted by molar-refractivity contribution is 6.01. The highest BCUT2D eigenvalue weighted by Crippen LogP contribution is 2.31. The van der Waals surface area contributed by atoms with E-state index in [1.54, 1.807) is 6.92 Å². The van der Waals surface area contributed by atoms with Crippen LogP contribution in [0.15, 0.2) is 28.8 Å². The van der Waals surface area contributed by atoms with Gasteiger partial charge in [-0.05, 0) is 38.0 Å². The van der Waals surface area contributed by atoms with E-state index in [1.807, 2.05) is 0 Å². The molecule has 2 rings (SSSR count). The van der Waals surface area contributed by atoms with Crippen molar-refractivity contribution in [2.45, 2.75) is 39.0 Å². The number of carbonyl (C=O) groups is 2. The van der Waals surface area contributed by atoms with Crippen molar-refractivity contribution >= 4 is 29.2 Å². The summed E-state index contributed by atoms with van der Waals surface area (Å²) in [5.74, 6) is -0.597. The fraction of sp³-hybridized carbons (Fsp3) is 0.353. The van der Waals surface area contributed by atoms with Crippen molar-refractivity contribution in [1.82, 2.24) is 4.98 Å². The second-order valence-electron chi connectivity index (χ2n) is 5.71. The third kappa shape index (κ3) is 5.03. The first kappa shape index (κ1) is 18.4. The van der Waals surface area contributed by atoms with E-state index >= 15 is 0 Å². The topological polar surface area (TPSA) is 115 Å². The summed E-state index contributed by atoms with van der Waals surface area (Å²) in [6, 6.07) is 3.85. The number of nitrogens with two attached hydrogens (primary N) is 2. The van der Waals surface area contributed by atoms with E-state index in [2.05, 4.69) is 4.98 Å². The van der Waals surface area contributed by atoms with Gasteiger partial charge in [-0.1, -0.05) is 6.42 Å². The Kier molecular flexibility index (Phi) is 6.10. The van der Waals surface area contributed by atoms with Gasteiger partial charge in [-0.25, -0.2) is 14.3 Å². The second kappa shape index (κ2) is 8.27. The standard InChI is InChI=1S/C17H21FN4O3/c1-11-10-21-17(25-11)22(14-8-7-12(18)9-13(14)19)16(24)6-4-2-3-5-15(20)23/h7-10H,2-6,19H2,1H3,(H2,20,23). The zero-order chi connectivity index (χ0) is 18.4. The minimum absolute atomic E-state index is 0.0814. The van der Waals surface area contributed by atoms with Gasteiger partial charge < -0.3 is 15.9 Å². The molecule has 1 aromatic carbocycles. The van der Waals surface area contributed by atoms with Crippen molar-refractivity contribution in [3.63, 3.8) is 0 Å². The molecule has 4 N–H and O–H groups in total. The molecule has 0 atom stereocenters. The minimum Gasteiger partial charge on any atom is -0.428 e. The van der Waals surface area contributed by atoms with Gasteiger partial charge in [0, 0.05) is 12.8 Å². The molecule has 0 spiro atoms. The highest BCUT2D eigenvalue weighted by atomic mass is 19.1. The van der Waals surface area contributed by atoms with Gasteiger partial charge in [0.05, 0.1) is 17.6 Å². The van der Waals surface area contributed by atoms with Crippen LogP contribution in [0, 0.1) is 12.7 Å². The molecule has 25 heavy (non-hydrogen) atoms. The summed E-state index contributed by atoms with van der Waals surface area (Å²) in [6.07, 6.45) is 3.87. The number of hydrogen-bond donors (Lipinski definition) is 2. The summed E-state index contributed by atoms with van der Waals surface area (Å²) in [5.41, 5.74) is 11.4. The number of primary amides is 1. The number of halogens is 1. The number of aryl methyl sites for hydroxylation is 1. The number of oxazole rings is 1. The molecule has 0 bridgehead atoms. The largest absolute Gasteiger partial charge is 0.428 e. The van der Waals surface area contributed by atoms with E-state index in [4.69, 9.17) is 15.9 Å². The van der Waals surface area contributed by atoms with Gasteiger partial charge in [0.2, 0.25) is 11.8 Å². The number of anilines is 3. The molecule has 2 amide bonds. The summed E-state index contributed by atoms with van der Waals surface area (Å²) in [7, 11) is 0. The summed E-state index contributed by atoms with van der Waals surface area (Å²) in [6.45, 7) is 1.71. The normalized spacial score (nSPS) is 10.6. The molecular formula is C17H21FN4O3. The summed E-state index contributed by atoms with van der Waals surface area (Å²) >= 11 is 0. The smallest absolute Gasteiger partial charge is 0.309 e. The average Bonchev–Trinajstić information content (AvgIpc) is 2.95. The lowest BCUT2D eigenvalue weighted by Crippen LogP contribution is -2.26. The Balaban J connectivity index is 2.15. The van der Waals surface area contributed by atoms with Crippen LogP contribution >= 0.6 is 0 Å². The summed E-state index contributed by atoms with van der Waals surface area (Å²) < 4.78 is 18.8. The average molecular weight is 348 g/mol. The zero-order valence-electron chi connectivity index (χ0n) is 14.0. The van der Waals surface area contributed by atoms with Crippen LogP contribution in [-0.2, 0) is 9.59 Å². The fourth-order valence-corrected chi connectivity index (χ4v) is 2.38. The molecule has 1 aromatic heterocycles. The highest BCUT2D eigenvalue weighted by Gasteiger charge is 2.24. The number of amides is 2. The molecular weight excluding hydrogens is 327 g/mol. The molecule has 0 fully saturated rings. The minimum atomic E-state index is -0.497. The predicted octanol–water partition coefficient (Wildman–Crippen LogP) is 2.80. The first-order valence-electron chi connectivity index (χ1n) is 7.97. The summed E-state index contributed by atoms with van der Waals surface area (Å²) in [5, 5.41) is 0. The maximum Gasteiger partial charge on any atom is 0.309 e. The molecule has 0 unspecified atom stereocenters. The molecule has 0 aliphatic rings. The monoisotopic (exact) mass is 348 g/mol. The molecule has 0 radical (unpaired) electrons. The first-order chi connectivity index (χ1) is 11.9. The quantitative estimate of drug-likeness (QED) is 0.562. The van der Waals surface area contributed by atoms with E-state index in [0.29, 0.717) is 37.1 Å². The molecule has 7 nitrogen and oxygen atoms in total. The van der Waals surface area contributed by atoms with Gasteiger partial charge in [0.1, 0.15) is 11.6 Å². The molecule has 134 valence electrons. The molecule has 0 aliphatic heterocycles. The SMILES string of the molecule is Cc1cnc(N(C(=O)CCCCCC(N)=O)c2ccc(F)cc2N)o1. The lowest BCUT2D eigenvalue weighted by atomic mass is 10.1. The molecule has 0 saturated heterocycles. The zero-order valence-corrected chi connectivity index (χ0v) is 14.0. The number of nitrogen functional groups attached to an aromatic ring is 1. The number of rotatable bonds is 8. The lowest BCUT2D eigenvalue weighted by molar-refractivity contribution is -0.118. The van der Waals surface area contributed by atoms with E-state index in [9.17, 15) is 14.0 Å². The maximum atomic E-state index is 13.3. The number of unbranched alkanes of at least 4 members (excludes halogenated alkanes) is 2. The Morgan fingerprint density at radius 2 is 1.96 bits per heavy atom. The van der Waals surface area contributed by atoms with Crippen LogP contribution in [-0.4, -0.2) is 16.8 Å². The van der Waals surface area contributed by atoms with Gasteiger partial charge in [-0.3, -0.25) is 9.59 Å². The number of benzene rings is 1. The Bertz CT molecular complexity index is 760. The van der Waals surface area contributed by atoms with Crippen LogP contribution in [0.2, 0.25) is 0 Å². The predicted molar refractivity (Wildman–Crippen MR) is 91.5 cm³/mol. The van der Waals surface area contributed by atoms with Crippen molar-refractivity contribution in [1.29, 1.82) is 0 Å². The Morgan fingerprint density at radius 1 is 1.24 bits per heavy atom. The molecule has 0 saturated carbocycles. The van der Waals surface area contributed by atoms with Gasteiger partial charge in [0.15, 0.2) is 0 Å². The Labute approximate surface area is 144 Å². The van der Waals surface area contributed by atoms with Crippen LogP contribution in [0.1, 0.15) is 37.9 Å². The van der Waals surface area contributed by atoms with Gasteiger partial charge in [-0.2, -0.15) is 0 Å². The third-order valence-corrected chi connectivity index (χ3v) is 3.59. The summed E-state index contributed by atoms with van der Waals surface area (Å²) in [4.78, 5) is 28.7. The molecule has 1 heterocycles. The molecule has 2 aromatic rings.